The van der Waals surface area contributed by atoms with E-state index in [2.05, 4.69) is 19.2 Å². The summed E-state index contributed by atoms with van der Waals surface area (Å²) in [5.41, 5.74) is 0. The van der Waals surface area contributed by atoms with Crippen LogP contribution >= 0.6 is 0 Å². The van der Waals surface area contributed by atoms with Crippen molar-refractivity contribution in [2.24, 2.45) is 17.8 Å². The molecule has 1 heteroatoms. The van der Waals surface area contributed by atoms with Gasteiger partial charge in [0.2, 0.25) is 0 Å². The summed E-state index contributed by atoms with van der Waals surface area (Å²) in [4.78, 5) is 0. The van der Waals surface area contributed by atoms with E-state index >= 15 is 0 Å². The highest BCUT2D eigenvalue weighted by molar-refractivity contribution is 4.93. The SMILES string of the molecule is C[C@H]1CC2CNC(C1)[C@@H]2C. The van der Waals surface area contributed by atoms with Gasteiger partial charge >= 0.3 is 0 Å². The Morgan fingerprint density at radius 3 is 2.70 bits per heavy atom. The summed E-state index contributed by atoms with van der Waals surface area (Å²) < 4.78 is 0. The third kappa shape index (κ3) is 0.878. The molecule has 1 heterocycles. The molecule has 1 aliphatic heterocycles. The van der Waals surface area contributed by atoms with Gasteiger partial charge in [-0.05, 0) is 37.1 Å². The van der Waals surface area contributed by atoms with Crippen molar-refractivity contribution in [1.82, 2.24) is 5.32 Å². The van der Waals surface area contributed by atoms with Gasteiger partial charge in [-0.15, -0.1) is 0 Å². The first kappa shape index (κ1) is 6.66. The molecular weight excluding hydrogens is 122 g/mol. The van der Waals surface area contributed by atoms with Crippen molar-refractivity contribution in [3.05, 3.63) is 0 Å². The van der Waals surface area contributed by atoms with Crippen LogP contribution in [0, 0.1) is 17.8 Å². The number of hydrogen-bond acceptors (Lipinski definition) is 1. The molecule has 1 aliphatic carbocycles. The van der Waals surface area contributed by atoms with Gasteiger partial charge in [-0.25, -0.2) is 0 Å². The summed E-state index contributed by atoms with van der Waals surface area (Å²) in [5.74, 6) is 2.92. The van der Waals surface area contributed by atoms with Crippen LogP contribution in [-0.4, -0.2) is 12.6 Å². The van der Waals surface area contributed by atoms with Crippen LogP contribution in [0.3, 0.4) is 0 Å². The van der Waals surface area contributed by atoms with E-state index in [1.54, 1.807) is 0 Å². The molecule has 58 valence electrons. The molecule has 4 atom stereocenters. The molecule has 0 aromatic carbocycles. The lowest BCUT2D eigenvalue weighted by Crippen LogP contribution is -2.31. The summed E-state index contributed by atoms with van der Waals surface area (Å²) in [6.07, 6.45) is 2.88. The number of hydrogen-bond donors (Lipinski definition) is 1. The molecule has 2 bridgehead atoms. The van der Waals surface area contributed by atoms with Crippen LogP contribution in [0.15, 0.2) is 0 Å². The van der Waals surface area contributed by atoms with Crippen LogP contribution in [0.25, 0.3) is 0 Å². The highest BCUT2D eigenvalue weighted by Gasteiger charge is 2.37. The Labute approximate surface area is 63.2 Å². The Morgan fingerprint density at radius 1 is 1.20 bits per heavy atom. The fraction of sp³-hybridized carbons (Fsp3) is 1.00. The smallest absolute Gasteiger partial charge is 0.00984 e. The summed E-state index contributed by atoms with van der Waals surface area (Å²) in [7, 11) is 0. The number of rotatable bonds is 0. The molecule has 2 fully saturated rings. The maximum absolute atomic E-state index is 3.60. The molecule has 0 aromatic rings. The van der Waals surface area contributed by atoms with Crippen molar-refractivity contribution in [1.29, 1.82) is 0 Å². The number of nitrogens with one attached hydrogen (secondary N) is 1. The van der Waals surface area contributed by atoms with E-state index in [9.17, 15) is 0 Å². The van der Waals surface area contributed by atoms with Crippen LogP contribution in [0.5, 0.6) is 0 Å². The van der Waals surface area contributed by atoms with Crippen LogP contribution in [0.2, 0.25) is 0 Å². The van der Waals surface area contributed by atoms with Gasteiger partial charge in [0.05, 0.1) is 0 Å². The summed E-state index contributed by atoms with van der Waals surface area (Å²) in [5, 5.41) is 3.60. The summed E-state index contributed by atoms with van der Waals surface area (Å²) in [6, 6.07) is 0.855. The molecule has 10 heavy (non-hydrogen) atoms. The standard InChI is InChI=1S/C9H17N/c1-6-3-8-5-10-9(4-6)7(8)2/h6-10H,3-5H2,1-2H3/t6-,7+,8?,9?/m0/s1. The Kier molecular flexibility index (Phi) is 1.48. The van der Waals surface area contributed by atoms with Crippen molar-refractivity contribution in [3.63, 3.8) is 0 Å². The van der Waals surface area contributed by atoms with Crippen molar-refractivity contribution in [3.8, 4) is 0 Å². The molecule has 1 nitrogen and oxygen atoms in total. The molecule has 2 aliphatic rings. The largest absolute Gasteiger partial charge is 0.313 e. The fourth-order valence-electron chi connectivity index (χ4n) is 2.65. The van der Waals surface area contributed by atoms with Gasteiger partial charge in [-0.1, -0.05) is 13.8 Å². The minimum atomic E-state index is 0.855. The van der Waals surface area contributed by atoms with Crippen LogP contribution in [-0.2, 0) is 0 Å². The van der Waals surface area contributed by atoms with Gasteiger partial charge < -0.3 is 5.32 Å². The first-order valence-corrected chi connectivity index (χ1v) is 4.50. The third-order valence-electron chi connectivity index (χ3n) is 3.38. The fourth-order valence-corrected chi connectivity index (χ4v) is 2.65. The van der Waals surface area contributed by atoms with Gasteiger partial charge in [0.1, 0.15) is 0 Å². The van der Waals surface area contributed by atoms with Crippen LogP contribution in [0.1, 0.15) is 26.7 Å². The van der Waals surface area contributed by atoms with Gasteiger partial charge in [-0.2, -0.15) is 0 Å². The Hall–Kier alpha value is -0.0400. The van der Waals surface area contributed by atoms with Crippen LogP contribution in [0.4, 0.5) is 0 Å². The van der Waals surface area contributed by atoms with Gasteiger partial charge in [0.25, 0.3) is 0 Å². The van der Waals surface area contributed by atoms with E-state index in [-0.39, 0.29) is 0 Å². The van der Waals surface area contributed by atoms with E-state index in [0.717, 1.165) is 23.8 Å². The first-order chi connectivity index (χ1) is 4.77. The van der Waals surface area contributed by atoms with E-state index in [1.807, 2.05) is 0 Å². The minimum absolute atomic E-state index is 0.855. The number of fused-ring (bicyclic) bond motifs is 2. The Bertz CT molecular complexity index is 119. The lowest BCUT2D eigenvalue weighted by atomic mass is 9.76. The zero-order chi connectivity index (χ0) is 7.14. The second-order valence-corrected chi connectivity index (χ2v) is 4.21. The van der Waals surface area contributed by atoms with Gasteiger partial charge in [0, 0.05) is 6.04 Å². The summed E-state index contributed by atoms with van der Waals surface area (Å²) >= 11 is 0. The third-order valence-corrected chi connectivity index (χ3v) is 3.38. The highest BCUT2D eigenvalue weighted by Crippen LogP contribution is 2.37. The maximum atomic E-state index is 3.60. The minimum Gasteiger partial charge on any atom is -0.313 e. The zero-order valence-electron chi connectivity index (χ0n) is 6.93. The lowest BCUT2D eigenvalue weighted by molar-refractivity contribution is 0.237. The Morgan fingerprint density at radius 2 is 2.00 bits per heavy atom. The molecule has 0 aromatic heterocycles. The van der Waals surface area contributed by atoms with Crippen molar-refractivity contribution < 1.29 is 0 Å². The molecule has 0 amide bonds. The van der Waals surface area contributed by atoms with Crippen molar-refractivity contribution in [2.45, 2.75) is 32.7 Å². The normalized spacial score (nSPS) is 53.4. The monoisotopic (exact) mass is 139 g/mol. The Balaban J connectivity index is 2.09. The average molecular weight is 139 g/mol. The van der Waals surface area contributed by atoms with Gasteiger partial charge in [-0.3, -0.25) is 0 Å². The van der Waals surface area contributed by atoms with E-state index in [1.165, 1.54) is 19.4 Å². The zero-order valence-corrected chi connectivity index (χ0v) is 6.93. The molecule has 0 spiro atoms. The topological polar surface area (TPSA) is 12.0 Å². The molecule has 1 N–H and O–H groups in total. The van der Waals surface area contributed by atoms with Crippen molar-refractivity contribution in [2.75, 3.05) is 6.54 Å². The summed E-state index contributed by atoms with van der Waals surface area (Å²) in [6.45, 7) is 6.08. The van der Waals surface area contributed by atoms with E-state index in [4.69, 9.17) is 0 Å². The molecule has 2 unspecified atom stereocenters. The maximum Gasteiger partial charge on any atom is 0.00984 e. The predicted octanol–water partition coefficient (Wildman–Crippen LogP) is 1.64. The molecule has 1 saturated carbocycles. The van der Waals surface area contributed by atoms with E-state index < -0.39 is 0 Å². The second-order valence-electron chi connectivity index (χ2n) is 4.21. The lowest BCUT2D eigenvalue weighted by Gasteiger charge is -2.29. The molecular formula is C9H17N. The average Bonchev–Trinajstić information content (AvgIpc) is 2.20. The van der Waals surface area contributed by atoms with Crippen molar-refractivity contribution >= 4 is 0 Å². The predicted molar refractivity (Wildman–Crippen MR) is 42.8 cm³/mol. The molecule has 1 saturated heterocycles. The molecule has 2 rings (SSSR count). The van der Waals surface area contributed by atoms with Gasteiger partial charge in [0.15, 0.2) is 0 Å². The van der Waals surface area contributed by atoms with Crippen LogP contribution < -0.4 is 5.32 Å². The quantitative estimate of drug-likeness (QED) is 0.538. The highest BCUT2D eigenvalue weighted by atomic mass is 15.0. The first-order valence-electron chi connectivity index (χ1n) is 4.50. The van der Waals surface area contributed by atoms with E-state index in [0.29, 0.717) is 0 Å². The molecule has 0 radical (unpaired) electrons. The second kappa shape index (κ2) is 2.23.